The number of alkyl halides is 3. The number of hydrogen-bond donors (Lipinski definition) is 1. The largest absolute Gasteiger partial charge is 0.573 e. The lowest BCUT2D eigenvalue weighted by molar-refractivity contribution is -0.274. The number of halogens is 5. The van der Waals surface area contributed by atoms with Gasteiger partial charge in [0.05, 0.1) is 16.1 Å². The number of ether oxygens (including phenoxy) is 1. The molecule has 0 aliphatic carbocycles. The van der Waals surface area contributed by atoms with Crippen LogP contribution in [0.15, 0.2) is 42.5 Å². The number of piperazine rings is 1. The second-order valence-electron chi connectivity index (χ2n) is 5.98. The highest BCUT2D eigenvalue weighted by molar-refractivity contribution is 6.42. The Hall–Kier alpha value is -1.47. The van der Waals surface area contributed by atoms with Gasteiger partial charge in [-0.3, -0.25) is 4.90 Å². The molecule has 0 spiro atoms. The van der Waals surface area contributed by atoms with Gasteiger partial charge in [0.2, 0.25) is 0 Å². The lowest BCUT2D eigenvalue weighted by Crippen LogP contribution is -2.45. The Bertz CT molecular complexity index is 747. The Morgan fingerprint density at radius 1 is 0.923 bits per heavy atom. The van der Waals surface area contributed by atoms with Crippen LogP contribution < -0.4 is 10.1 Å². The minimum atomic E-state index is -4.71. The van der Waals surface area contributed by atoms with Crippen LogP contribution in [0.2, 0.25) is 10.0 Å². The molecule has 3 rings (SSSR count). The molecule has 1 fully saturated rings. The minimum Gasteiger partial charge on any atom is -0.406 e. The normalized spacial score (nSPS) is 17.1. The van der Waals surface area contributed by atoms with Crippen LogP contribution in [0.1, 0.15) is 17.2 Å². The van der Waals surface area contributed by atoms with Crippen LogP contribution in [0.5, 0.6) is 5.75 Å². The summed E-state index contributed by atoms with van der Waals surface area (Å²) >= 11 is 12.2. The Morgan fingerprint density at radius 3 is 2.12 bits per heavy atom. The van der Waals surface area contributed by atoms with Crippen molar-refractivity contribution in [3.8, 4) is 5.75 Å². The Morgan fingerprint density at radius 2 is 1.54 bits per heavy atom. The molecule has 2 aromatic rings. The predicted molar refractivity (Wildman–Crippen MR) is 95.9 cm³/mol. The van der Waals surface area contributed by atoms with Gasteiger partial charge in [0.15, 0.2) is 0 Å². The zero-order chi connectivity index (χ0) is 18.7. The summed E-state index contributed by atoms with van der Waals surface area (Å²) in [5.74, 6) is -0.241. The first-order valence-electron chi connectivity index (χ1n) is 8.09. The molecule has 1 aliphatic rings. The molecule has 2 aromatic carbocycles. The summed E-state index contributed by atoms with van der Waals surface area (Å²) in [6.07, 6.45) is -4.71. The van der Waals surface area contributed by atoms with Gasteiger partial charge in [0, 0.05) is 26.2 Å². The smallest absolute Gasteiger partial charge is 0.406 e. The monoisotopic (exact) mass is 404 g/mol. The number of rotatable bonds is 4. The summed E-state index contributed by atoms with van der Waals surface area (Å²) < 4.78 is 41.1. The first-order valence-corrected chi connectivity index (χ1v) is 8.84. The van der Waals surface area contributed by atoms with Crippen molar-refractivity contribution in [1.82, 2.24) is 10.2 Å². The van der Waals surface area contributed by atoms with E-state index >= 15 is 0 Å². The van der Waals surface area contributed by atoms with Crippen molar-refractivity contribution < 1.29 is 17.9 Å². The molecule has 8 heteroatoms. The number of benzene rings is 2. The van der Waals surface area contributed by atoms with E-state index in [0.717, 1.165) is 37.3 Å². The van der Waals surface area contributed by atoms with Crippen LogP contribution in [-0.4, -0.2) is 37.4 Å². The second kappa shape index (κ2) is 8.05. The van der Waals surface area contributed by atoms with Gasteiger partial charge in [-0.1, -0.05) is 41.4 Å². The molecule has 0 amide bonds. The topological polar surface area (TPSA) is 24.5 Å². The number of hydrogen-bond acceptors (Lipinski definition) is 3. The van der Waals surface area contributed by atoms with E-state index < -0.39 is 6.36 Å². The standard InChI is InChI=1S/C18H17Cl2F3N2O/c19-15-6-3-13(11-16(15)20)17(25-9-7-24-8-10-25)12-1-4-14(5-2-12)26-18(21,22)23/h1-6,11,17,24H,7-10H2/t17-/m0/s1. The van der Waals surface area contributed by atoms with Crippen molar-refractivity contribution in [2.45, 2.75) is 12.4 Å². The van der Waals surface area contributed by atoms with Gasteiger partial charge in [-0.05, 0) is 35.4 Å². The zero-order valence-corrected chi connectivity index (χ0v) is 15.2. The molecule has 26 heavy (non-hydrogen) atoms. The first kappa shape index (κ1) is 19.3. The predicted octanol–water partition coefficient (Wildman–Crippen LogP) is 4.89. The maximum absolute atomic E-state index is 12.4. The van der Waals surface area contributed by atoms with Crippen molar-refractivity contribution in [3.05, 3.63) is 63.6 Å². The fourth-order valence-corrected chi connectivity index (χ4v) is 3.40. The molecule has 0 saturated carbocycles. The van der Waals surface area contributed by atoms with Crippen molar-refractivity contribution in [2.75, 3.05) is 26.2 Å². The molecule has 1 saturated heterocycles. The van der Waals surface area contributed by atoms with Gasteiger partial charge in [0.1, 0.15) is 5.75 Å². The summed E-state index contributed by atoms with van der Waals surface area (Å²) in [4.78, 5) is 2.26. The van der Waals surface area contributed by atoms with Crippen molar-refractivity contribution in [1.29, 1.82) is 0 Å². The Kier molecular flexibility index (Phi) is 5.97. The van der Waals surface area contributed by atoms with Crippen LogP contribution in [0.25, 0.3) is 0 Å². The number of nitrogens with one attached hydrogen (secondary N) is 1. The molecular weight excluding hydrogens is 388 g/mol. The van der Waals surface area contributed by atoms with Gasteiger partial charge < -0.3 is 10.1 Å². The molecule has 1 aliphatic heterocycles. The quantitative estimate of drug-likeness (QED) is 0.785. The van der Waals surface area contributed by atoms with E-state index in [1.54, 1.807) is 24.3 Å². The third-order valence-corrected chi connectivity index (χ3v) is 4.94. The third-order valence-electron chi connectivity index (χ3n) is 4.21. The van der Waals surface area contributed by atoms with Crippen LogP contribution in [0.4, 0.5) is 13.2 Å². The molecule has 140 valence electrons. The minimum absolute atomic E-state index is 0.133. The molecule has 0 radical (unpaired) electrons. The average Bonchev–Trinajstić information content (AvgIpc) is 2.59. The molecule has 0 bridgehead atoms. The number of nitrogens with zero attached hydrogens (tertiary/aromatic N) is 1. The average molecular weight is 405 g/mol. The summed E-state index contributed by atoms with van der Waals surface area (Å²) in [6, 6.07) is 11.2. The van der Waals surface area contributed by atoms with Gasteiger partial charge in [0.25, 0.3) is 0 Å². The first-order chi connectivity index (χ1) is 12.3. The Labute approximate surface area is 159 Å². The van der Waals surface area contributed by atoms with Gasteiger partial charge in [-0.25, -0.2) is 0 Å². The maximum Gasteiger partial charge on any atom is 0.573 e. The van der Waals surface area contributed by atoms with Crippen LogP contribution in [0, 0.1) is 0 Å². The van der Waals surface area contributed by atoms with Crippen LogP contribution >= 0.6 is 23.2 Å². The van der Waals surface area contributed by atoms with Crippen molar-refractivity contribution >= 4 is 23.2 Å². The van der Waals surface area contributed by atoms with Crippen LogP contribution in [0.3, 0.4) is 0 Å². The highest BCUT2D eigenvalue weighted by atomic mass is 35.5. The molecular formula is C18H17Cl2F3N2O. The Balaban J connectivity index is 1.93. The summed E-state index contributed by atoms with van der Waals surface area (Å²) in [5.41, 5.74) is 1.80. The van der Waals surface area contributed by atoms with Gasteiger partial charge in [-0.15, -0.1) is 13.2 Å². The second-order valence-corrected chi connectivity index (χ2v) is 6.79. The molecule has 0 aromatic heterocycles. The fraction of sp³-hybridized carbons (Fsp3) is 0.333. The van der Waals surface area contributed by atoms with E-state index in [4.69, 9.17) is 23.2 Å². The van der Waals surface area contributed by atoms with Crippen molar-refractivity contribution in [3.63, 3.8) is 0 Å². The molecule has 1 atom stereocenters. The van der Waals surface area contributed by atoms with Gasteiger partial charge >= 0.3 is 6.36 Å². The van der Waals surface area contributed by atoms with Gasteiger partial charge in [-0.2, -0.15) is 0 Å². The van der Waals surface area contributed by atoms with E-state index in [9.17, 15) is 13.2 Å². The molecule has 0 unspecified atom stereocenters. The maximum atomic E-state index is 12.4. The fourth-order valence-electron chi connectivity index (χ4n) is 3.09. The molecule has 3 nitrogen and oxygen atoms in total. The highest BCUT2D eigenvalue weighted by Crippen LogP contribution is 2.34. The summed E-state index contributed by atoms with van der Waals surface area (Å²) in [7, 11) is 0. The zero-order valence-electron chi connectivity index (χ0n) is 13.7. The van der Waals surface area contributed by atoms with Crippen LogP contribution in [-0.2, 0) is 0 Å². The van der Waals surface area contributed by atoms with E-state index in [1.165, 1.54) is 12.1 Å². The lowest BCUT2D eigenvalue weighted by atomic mass is 9.96. The van der Waals surface area contributed by atoms with E-state index in [1.807, 2.05) is 6.07 Å². The third kappa shape index (κ3) is 4.82. The SMILES string of the molecule is FC(F)(F)Oc1ccc([C@@H](c2ccc(Cl)c(Cl)c2)N2CCNCC2)cc1. The molecule has 1 heterocycles. The summed E-state index contributed by atoms with van der Waals surface area (Å²) in [5, 5.41) is 4.20. The lowest BCUT2D eigenvalue weighted by Gasteiger charge is -2.35. The van der Waals surface area contributed by atoms with Crippen molar-refractivity contribution in [2.24, 2.45) is 0 Å². The van der Waals surface area contributed by atoms with E-state index in [0.29, 0.717) is 10.0 Å². The van der Waals surface area contributed by atoms with E-state index in [-0.39, 0.29) is 11.8 Å². The molecule has 1 N–H and O–H groups in total. The van der Waals surface area contributed by atoms with E-state index in [2.05, 4.69) is 15.0 Å². The highest BCUT2D eigenvalue weighted by Gasteiger charge is 2.31. The summed E-state index contributed by atoms with van der Waals surface area (Å²) in [6.45, 7) is 3.30.